The molecule has 0 amide bonds. The third kappa shape index (κ3) is 18.2. The zero-order valence-corrected chi connectivity index (χ0v) is 23.9. The van der Waals surface area contributed by atoms with Crippen LogP contribution in [0.2, 0.25) is 6.04 Å². The normalized spacial score (nSPS) is 12.6. The molecule has 0 atom stereocenters. The Hall–Kier alpha value is 0.0569. The lowest BCUT2D eigenvalue weighted by molar-refractivity contribution is 0.197. The zero-order valence-electron chi connectivity index (χ0n) is 22.5. The van der Waals surface area contributed by atoms with Crippen molar-refractivity contribution in [3.8, 4) is 0 Å². The molecule has 0 aromatic rings. The highest BCUT2D eigenvalue weighted by Gasteiger charge is 2.10. The quantitative estimate of drug-likeness (QED) is 0.142. The molecule has 0 aliphatic carbocycles. The monoisotopic (exact) mass is 457 g/mol. The van der Waals surface area contributed by atoms with Gasteiger partial charge in [0.25, 0.3) is 0 Å². The van der Waals surface area contributed by atoms with Crippen molar-refractivity contribution in [1.82, 2.24) is 14.7 Å². The summed E-state index contributed by atoms with van der Waals surface area (Å²) in [5.74, 6) is 0. The van der Waals surface area contributed by atoms with E-state index in [9.17, 15) is 0 Å². The third-order valence-electron chi connectivity index (χ3n) is 6.19. The van der Waals surface area contributed by atoms with E-state index < -0.39 is 0 Å². The van der Waals surface area contributed by atoms with Crippen molar-refractivity contribution >= 4 is 9.76 Å². The van der Waals surface area contributed by atoms with E-state index in [4.69, 9.17) is 4.43 Å². The van der Waals surface area contributed by atoms with Gasteiger partial charge in [0, 0.05) is 6.10 Å². The van der Waals surface area contributed by atoms with Crippen molar-refractivity contribution in [2.45, 2.75) is 111 Å². The summed E-state index contributed by atoms with van der Waals surface area (Å²) in [5.41, 5.74) is 0. The van der Waals surface area contributed by atoms with E-state index in [1.807, 2.05) is 0 Å². The summed E-state index contributed by atoms with van der Waals surface area (Å²) in [6.07, 6.45) is 11.9. The lowest BCUT2D eigenvalue weighted by atomic mass is 10.2. The second-order valence-electron chi connectivity index (χ2n) is 9.25. The molecule has 0 rings (SSSR count). The fourth-order valence-corrected chi connectivity index (χ4v) is 5.92. The largest absolute Gasteiger partial charge is 0.421 e. The van der Waals surface area contributed by atoms with E-state index in [2.05, 4.69) is 56.2 Å². The average molecular weight is 458 g/mol. The molecule has 0 aliphatic heterocycles. The standard InChI is InChI=1S/C26H59N3OSi/c1-7-16-27(17-8-2)20-13-22-29(23-14-21-28(18-9-3)19-10-4)24-15-25-31-30-26(11-5)12-6/h26H,7-25,31H2,1-6H3. The van der Waals surface area contributed by atoms with Crippen molar-refractivity contribution in [1.29, 1.82) is 0 Å². The highest BCUT2D eigenvalue weighted by molar-refractivity contribution is 6.27. The predicted octanol–water partition coefficient (Wildman–Crippen LogP) is 5.41. The van der Waals surface area contributed by atoms with Gasteiger partial charge in [-0.3, -0.25) is 0 Å². The van der Waals surface area contributed by atoms with Crippen molar-refractivity contribution in [2.24, 2.45) is 0 Å². The maximum atomic E-state index is 6.16. The first-order valence-electron chi connectivity index (χ1n) is 13.9. The molecule has 0 bridgehead atoms. The maximum Gasteiger partial charge on any atom is 0.162 e. The smallest absolute Gasteiger partial charge is 0.162 e. The highest BCUT2D eigenvalue weighted by atomic mass is 28.2. The van der Waals surface area contributed by atoms with Gasteiger partial charge in [0.2, 0.25) is 0 Å². The van der Waals surface area contributed by atoms with Crippen LogP contribution in [0.25, 0.3) is 0 Å². The van der Waals surface area contributed by atoms with Crippen LogP contribution in [0.15, 0.2) is 0 Å². The Bertz CT molecular complexity index is 322. The van der Waals surface area contributed by atoms with E-state index in [0.29, 0.717) is 6.10 Å². The summed E-state index contributed by atoms with van der Waals surface area (Å²) in [7, 11) is -0.336. The van der Waals surface area contributed by atoms with Gasteiger partial charge in [-0.05, 0) is 123 Å². The number of nitrogens with zero attached hydrogens (tertiary/aromatic N) is 3. The molecule has 0 spiro atoms. The summed E-state index contributed by atoms with van der Waals surface area (Å²) in [4.78, 5) is 8.09. The molecule has 0 heterocycles. The van der Waals surface area contributed by atoms with Crippen molar-refractivity contribution in [3.05, 3.63) is 0 Å². The molecule has 0 radical (unpaired) electrons. The SMILES string of the molecule is CCCN(CCC)CCCN(CCC[SiH2]OC(CC)CC)CCCN(CCC)CCC. The predicted molar refractivity (Wildman–Crippen MR) is 143 cm³/mol. The molecule has 31 heavy (non-hydrogen) atoms. The lowest BCUT2D eigenvalue weighted by Gasteiger charge is -2.27. The van der Waals surface area contributed by atoms with Gasteiger partial charge >= 0.3 is 0 Å². The van der Waals surface area contributed by atoms with Crippen LogP contribution in [0.5, 0.6) is 0 Å². The van der Waals surface area contributed by atoms with Crippen molar-refractivity contribution in [3.63, 3.8) is 0 Å². The molecule has 0 saturated heterocycles. The fourth-order valence-electron chi connectivity index (χ4n) is 4.52. The lowest BCUT2D eigenvalue weighted by Crippen LogP contribution is -2.34. The summed E-state index contributed by atoms with van der Waals surface area (Å²) in [6, 6.07) is 1.34. The minimum Gasteiger partial charge on any atom is -0.421 e. The first-order chi connectivity index (χ1) is 15.1. The van der Waals surface area contributed by atoms with Crippen LogP contribution >= 0.6 is 0 Å². The number of rotatable bonds is 24. The van der Waals surface area contributed by atoms with Gasteiger partial charge in [-0.15, -0.1) is 0 Å². The Morgan fingerprint density at radius 2 is 0.871 bits per heavy atom. The van der Waals surface area contributed by atoms with Gasteiger partial charge in [-0.25, -0.2) is 0 Å². The van der Waals surface area contributed by atoms with E-state index in [-0.39, 0.29) is 9.76 Å². The minimum absolute atomic E-state index is 0.336. The molecular weight excluding hydrogens is 398 g/mol. The molecule has 0 aromatic heterocycles. The molecule has 0 aliphatic rings. The van der Waals surface area contributed by atoms with Crippen LogP contribution < -0.4 is 0 Å². The van der Waals surface area contributed by atoms with Crippen LogP contribution in [0.4, 0.5) is 0 Å². The molecule has 0 fully saturated rings. The van der Waals surface area contributed by atoms with Gasteiger partial charge < -0.3 is 19.1 Å². The first kappa shape index (κ1) is 31.1. The summed E-state index contributed by atoms with van der Waals surface area (Å²) < 4.78 is 6.16. The minimum atomic E-state index is -0.336. The van der Waals surface area contributed by atoms with Crippen molar-refractivity contribution < 1.29 is 4.43 Å². The molecule has 0 saturated carbocycles. The first-order valence-corrected chi connectivity index (χ1v) is 15.5. The average Bonchev–Trinajstić information content (AvgIpc) is 2.76. The Kier molecular flexibility index (Phi) is 23.3. The zero-order chi connectivity index (χ0) is 23.2. The molecule has 0 unspecified atom stereocenters. The second kappa shape index (κ2) is 23.2. The number of hydrogen-bond donors (Lipinski definition) is 0. The van der Waals surface area contributed by atoms with Crippen LogP contribution in [-0.4, -0.2) is 89.5 Å². The topological polar surface area (TPSA) is 19.0 Å². The maximum absolute atomic E-state index is 6.16. The summed E-state index contributed by atoms with van der Waals surface area (Å²) in [6.45, 7) is 25.1. The molecule has 0 N–H and O–H groups in total. The van der Waals surface area contributed by atoms with Crippen LogP contribution in [0.1, 0.15) is 99.3 Å². The highest BCUT2D eigenvalue weighted by Crippen LogP contribution is 2.06. The Morgan fingerprint density at radius 3 is 1.23 bits per heavy atom. The Morgan fingerprint density at radius 1 is 0.516 bits per heavy atom. The van der Waals surface area contributed by atoms with E-state index in [1.165, 1.54) is 123 Å². The van der Waals surface area contributed by atoms with Gasteiger partial charge in [0.15, 0.2) is 9.76 Å². The number of hydrogen-bond acceptors (Lipinski definition) is 4. The Labute approximate surface area is 199 Å². The fraction of sp³-hybridized carbons (Fsp3) is 1.00. The second-order valence-corrected chi connectivity index (χ2v) is 10.7. The molecule has 188 valence electrons. The van der Waals surface area contributed by atoms with Crippen molar-refractivity contribution in [2.75, 3.05) is 58.9 Å². The van der Waals surface area contributed by atoms with E-state index >= 15 is 0 Å². The van der Waals surface area contributed by atoms with Crippen LogP contribution in [0, 0.1) is 0 Å². The molecule has 4 nitrogen and oxygen atoms in total. The summed E-state index contributed by atoms with van der Waals surface area (Å²) in [5, 5.41) is 0. The molecule has 0 aromatic carbocycles. The molecule has 5 heteroatoms. The van der Waals surface area contributed by atoms with Crippen LogP contribution in [0.3, 0.4) is 0 Å². The van der Waals surface area contributed by atoms with Gasteiger partial charge in [0.05, 0.1) is 0 Å². The van der Waals surface area contributed by atoms with Gasteiger partial charge in [-0.2, -0.15) is 0 Å². The van der Waals surface area contributed by atoms with E-state index in [1.54, 1.807) is 0 Å². The van der Waals surface area contributed by atoms with Gasteiger partial charge in [-0.1, -0.05) is 41.5 Å². The molecular formula is C26H59N3OSi. The third-order valence-corrected chi connectivity index (χ3v) is 7.69. The Balaban J connectivity index is 4.41. The van der Waals surface area contributed by atoms with Crippen LogP contribution in [-0.2, 0) is 4.43 Å². The van der Waals surface area contributed by atoms with E-state index in [0.717, 1.165) is 0 Å². The van der Waals surface area contributed by atoms with Gasteiger partial charge in [0.1, 0.15) is 0 Å². The summed E-state index contributed by atoms with van der Waals surface area (Å²) >= 11 is 0.